The topological polar surface area (TPSA) is 98.6 Å². The number of amides is 1. The maximum absolute atomic E-state index is 11.5. The summed E-state index contributed by atoms with van der Waals surface area (Å²) in [6.45, 7) is 3.66. The number of nitrogens with zero attached hydrogens (tertiary/aromatic N) is 2. The number of carbonyl (C=O) groups is 1. The highest BCUT2D eigenvalue weighted by atomic mass is 16.2. The highest BCUT2D eigenvalue weighted by Crippen LogP contribution is 2.10. The van der Waals surface area contributed by atoms with Crippen molar-refractivity contribution < 1.29 is 4.79 Å². The summed E-state index contributed by atoms with van der Waals surface area (Å²) in [6, 6.07) is 4.61. The lowest BCUT2D eigenvalue weighted by Crippen LogP contribution is -2.34. The molecule has 1 amide bonds. The van der Waals surface area contributed by atoms with Gasteiger partial charge in [-0.15, -0.1) is 0 Å². The van der Waals surface area contributed by atoms with E-state index in [0.717, 1.165) is 0 Å². The first-order chi connectivity index (χ1) is 7.44. The predicted octanol–water partition coefficient (Wildman–Crippen LogP) is 0.0495. The molecule has 0 spiro atoms. The summed E-state index contributed by atoms with van der Waals surface area (Å²) in [4.78, 5) is 22.2. The Balaban J connectivity index is 2.64. The quantitative estimate of drug-likeness (QED) is 0.751. The molecule has 6 nitrogen and oxygen atoms in total. The standard InChI is InChI=1S/C10H12N4O2/c1-10(2,5-11)6-12-9(16)7-3-4-8(15)14-13-7/h3-4H,6H2,1-2H3,(H,12,16)(H,14,15). The summed E-state index contributed by atoms with van der Waals surface area (Å²) in [6.07, 6.45) is 0. The molecule has 0 radical (unpaired) electrons. The molecule has 0 unspecified atom stereocenters. The number of H-pyrrole nitrogens is 1. The van der Waals surface area contributed by atoms with Crippen LogP contribution in [0.5, 0.6) is 0 Å². The van der Waals surface area contributed by atoms with Crippen LogP contribution in [0.4, 0.5) is 0 Å². The number of rotatable bonds is 3. The smallest absolute Gasteiger partial charge is 0.271 e. The van der Waals surface area contributed by atoms with Crippen LogP contribution in [-0.2, 0) is 0 Å². The zero-order valence-electron chi connectivity index (χ0n) is 9.07. The maximum Gasteiger partial charge on any atom is 0.271 e. The summed E-state index contributed by atoms with van der Waals surface area (Å²) < 4.78 is 0. The van der Waals surface area contributed by atoms with Crippen LogP contribution in [0.1, 0.15) is 24.3 Å². The molecule has 0 aliphatic rings. The Morgan fingerprint density at radius 2 is 2.31 bits per heavy atom. The van der Waals surface area contributed by atoms with Crippen molar-refractivity contribution in [3.8, 4) is 6.07 Å². The molecule has 0 saturated heterocycles. The van der Waals surface area contributed by atoms with E-state index in [2.05, 4.69) is 21.6 Å². The molecule has 6 heteroatoms. The van der Waals surface area contributed by atoms with Gasteiger partial charge >= 0.3 is 0 Å². The summed E-state index contributed by atoms with van der Waals surface area (Å²) in [5, 5.41) is 17.0. The summed E-state index contributed by atoms with van der Waals surface area (Å²) in [5.41, 5.74) is -0.875. The van der Waals surface area contributed by atoms with Crippen LogP contribution in [-0.4, -0.2) is 22.6 Å². The third-order valence-electron chi connectivity index (χ3n) is 1.91. The minimum Gasteiger partial charge on any atom is -0.349 e. The van der Waals surface area contributed by atoms with E-state index in [0.29, 0.717) is 0 Å². The normalized spacial score (nSPS) is 10.6. The molecule has 0 atom stereocenters. The SMILES string of the molecule is CC(C)(C#N)CNC(=O)c1ccc(=O)[nH]n1. The van der Waals surface area contributed by atoms with E-state index in [1.54, 1.807) is 13.8 Å². The first-order valence-corrected chi connectivity index (χ1v) is 4.70. The molecule has 0 fully saturated rings. The number of hydrogen-bond donors (Lipinski definition) is 2. The summed E-state index contributed by atoms with van der Waals surface area (Å²) >= 11 is 0. The number of nitriles is 1. The molecule has 1 rings (SSSR count). The first kappa shape index (κ1) is 11.9. The minimum absolute atomic E-state index is 0.119. The van der Waals surface area contributed by atoms with Gasteiger partial charge < -0.3 is 5.32 Å². The van der Waals surface area contributed by atoms with Crippen molar-refractivity contribution in [1.82, 2.24) is 15.5 Å². The van der Waals surface area contributed by atoms with Gasteiger partial charge in [0.2, 0.25) is 0 Å². The van der Waals surface area contributed by atoms with Gasteiger partial charge in [0, 0.05) is 12.6 Å². The number of nitrogens with one attached hydrogen (secondary N) is 2. The number of aromatic amines is 1. The Morgan fingerprint density at radius 3 is 2.81 bits per heavy atom. The third kappa shape index (κ3) is 3.20. The van der Waals surface area contributed by atoms with Crippen LogP contribution >= 0.6 is 0 Å². The Kier molecular flexibility index (Phi) is 3.40. The molecule has 1 aromatic heterocycles. The number of hydrogen-bond acceptors (Lipinski definition) is 4. The largest absolute Gasteiger partial charge is 0.349 e. The van der Waals surface area contributed by atoms with E-state index in [1.807, 2.05) is 0 Å². The van der Waals surface area contributed by atoms with Crippen molar-refractivity contribution in [3.05, 3.63) is 28.2 Å². The maximum atomic E-state index is 11.5. The number of carbonyl (C=O) groups excluding carboxylic acids is 1. The Bertz CT molecular complexity index is 464. The number of aromatic nitrogens is 2. The highest BCUT2D eigenvalue weighted by molar-refractivity contribution is 5.91. The van der Waals surface area contributed by atoms with Crippen LogP contribution in [0.3, 0.4) is 0 Å². The van der Waals surface area contributed by atoms with E-state index in [9.17, 15) is 9.59 Å². The van der Waals surface area contributed by atoms with Gasteiger partial charge in [0.05, 0.1) is 11.5 Å². The van der Waals surface area contributed by atoms with Crippen molar-refractivity contribution in [2.75, 3.05) is 6.54 Å². The molecule has 0 aliphatic heterocycles. The van der Waals surface area contributed by atoms with E-state index < -0.39 is 11.3 Å². The van der Waals surface area contributed by atoms with Crippen LogP contribution in [0.2, 0.25) is 0 Å². The van der Waals surface area contributed by atoms with Gasteiger partial charge in [-0.05, 0) is 19.9 Å². The van der Waals surface area contributed by atoms with Gasteiger partial charge in [-0.25, -0.2) is 5.10 Å². The lowest BCUT2D eigenvalue weighted by molar-refractivity contribution is 0.0937. The highest BCUT2D eigenvalue weighted by Gasteiger charge is 2.18. The van der Waals surface area contributed by atoms with Crippen molar-refractivity contribution in [1.29, 1.82) is 5.26 Å². The Hall–Kier alpha value is -2.16. The molecule has 1 heterocycles. The van der Waals surface area contributed by atoms with Crippen LogP contribution in [0.15, 0.2) is 16.9 Å². The van der Waals surface area contributed by atoms with E-state index >= 15 is 0 Å². The van der Waals surface area contributed by atoms with Crippen LogP contribution < -0.4 is 10.9 Å². The van der Waals surface area contributed by atoms with Gasteiger partial charge in [-0.3, -0.25) is 9.59 Å². The predicted molar refractivity (Wildman–Crippen MR) is 56.6 cm³/mol. The second-order valence-electron chi connectivity index (χ2n) is 3.98. The van der Waals surface area contributed by atoms with Crippen LogP contribution in [0.25, 0.3) is 0 Å². The molecule has 0 aromatic carbocycles. The molecule has 16 heavy (non-hydrogen) atoms. The fraction of sp³-hybridized carbons (Fsp3) is 0.400. The summed E-state index contributed by atoms with van der Waals surface area (Å²) in [7, 11) is 0. The Morgan fingerprint density at radius 1 is 1.62 bits per heavy atom. The van der Waals surface area contributed by atoms with Gasteiger partial charge in [0.25, 0.3) is 11.5 Å². The van der Waals surface area contributed by atoms with E-state index in [1.165, 1.54) is 12.1 Å². The van der Waals surface area contributed by atoms with Gasteiger partial charge in [0.1, 0.15) is 5.69 Å². The lowest BCUT2D eigenvalue weighted by Gasteiger charge is -2.15. The molecule has 0 aliphatic carbocycles. The second kappa shape index (κ2) is 4.57. The molecular weight excluding hydrogens is 208 g/mol. The van der Waals surface area contributed by atoms with Crippen molar-refractivity contribution >= 4 is 5.91 Å². The molecule has 0 saturated carbocycles. The van der Waals surface area contributed by atoms with Crippen molar-refractivity contribution in [2.24, 2.45) is 5.41 Å². The fourth-order valence-corrected chi connectivity index (χ4v) is 0.902. The van der Waals surface area contributed by atoms with E-state index in [-0.39, 0.29) is 17.8 Å². The van der Waals surface area contributed by atoms with Crippen molar-refractivity contribution in [2.45, 2.75) is 13.8 Å². The average molecular weight is 220 g/mol. The zero-order chi connectivity index (χ0) is 12.2. The van der Waals surface area contributed by atoms with Crippen LogP contribution in [0, 0.1) is 16.7 Å². The third-order valence-corrected chi connectivity index (χ3v) is 1.91. The molecule has 84 valence electrons. The zero-order valence-corrected chi connectivity index (χ0v) is 9.07. The summed E-state index contributed by atoms with van der Waals surface area (Å²) in [5.74, 6) is -0.417. The average Bonchev–Trinajstić information content (AvgIpc) is 2.27. The fourth-order valence-electron chi connectivity index (χ4n) is 0.902. The Labute approximate surface area is 92.3 Å². The lowest BCUT2D eigenvalue weighted by atomic mass is 9.96. The molecular formula is C10H12N4O2. The first-order valence-electron chi connectivity index (χ1n) is 4.70. The van der Waals surface area contributed by atoms with Gasteiger partial charge in [0.15, 0.2) is 0 Å². The molecule has 0 bridgehead atoms. The monoisotopic (exact) mass is 220 g/mol. The van der Waals surface area contributed by atoms with Crippen molar-refractivity contribution in [3.63, 3.8) is 0 Å². The van der Waals surface area contributed by atoms with Gasteiger partial charge in [-0.1, -0.05) is 0 Å². The van der Waals surface area contributed by atoms with Gasteiger partial charge in [-0.2, -0.15) is 10.4 Å². The van der Waals surface area contributed by atoms with E-state index in [4.69, 9.17) is 5.26 Å². The molecule has 1 aromatic rings. The molecule has 2 N–H and O–H groups in total. The minimum atomic E-state index is -0.627. The second-order valence-corrected chi connectivity index (χ2v) is 3.98.